The van der Waals surface area contributed by atoms with Crippen molar-refractivity contribution >= 4 is 40.0 Å². The van der Waals surface area contributed by atoms with E-state index in [2.05, 4.69) is 15.2 Å². The zero-order valence-electron chi connectivity index (χ0n) is 10.4. The van der Waals surface area contributed by atoms with E-state index in [4.69, 9.17) is 0 Å². The van der Waals surface area contributed by atoms with E-state index in [1.165, 1.54) is 29.3 Å². The number of fused-ring (bicyclic) bond motifs is 1. The van der Waals surface area contributed by atoms with Crippen LogP contribution >= 0.6 is 23.1 Å². The second-order valence-electron chi connectivity index (χ2n) is 4.01. The first-order valence-electron chi connectivity index (χ1n) is 5.74. The number of pyridine rings is 1. The summed E-state index contributed by atoms with van der Waals surface area (Å²) in [6.45, 7) is 1.87. The largest absolute Gasteiger partial charge is 0.478 e. The molecule has 0 unspecified atom stereocenters. The third kappa shape index (κ3) is 2.37. The number of carboxylic acid groups (broad SMARTS) is 1. The number of carboxylic acids is 1. The molecule has 0 aliphatic rings. The van der Waals surface area contributed by atoms with Crippen molar-refractivity contribution in [1.82, 2.24) is 15.2 Å². The minimum absolute atomic E-state index is 0.182. The Bertz CT molecular complexity index is 801. The number of aryl methyl sites for hydroxylation is 1. The molecule has 0 aliphatic carbocycles. The number of hydrogen-bond acceptors (Lipinski definition) is 6. The highest BCUT2D eigenvalue weighted by molar-refractivity contribution is 8.01. The lowest BCUT2D eigenvalue weighted by Crippen LogP contribution is -2.00. The van der Waals surface area contributed by atoms with Crippen molar-refractivity contribution < 1.29 is 9.90 Å². The molecular formula is C13H9N3O2S2. The maximum atomic E-state index is 11.4. The summed E-state index contributed by atoms with van der Waals surface area (Å²) in [5, 5.41) is 19.0. The average molecular weight is 303 g/mol. The van der Waals surface area contributed by atoms with Crippen molar-refractivity contribution in [1.29, 1.82) is 0 Å². The zero-order chi connectivity index (χ0) is 14.1. The first kappa shape index (κ1) is 13.0. The Morgan fingerprint density at radius 1 is 1.30 bits per heavy atom. The van der Waals surface area contributed by atoms with Gasteiger partial charge in [-0.2, -0.15) is 0 Å². The molecule has 0 saturated carbocycles. The Hall–Kier alpha value is -1.99. The lowest BCUT2D eigenvalue weighted by molar-refractivity contribution is 0.0693. The maximum absolute atomic E-state index is 11.4. The Morgan fingerprint density at radius 3 is 2.80 bits per heavy atom. The van der Waals surface area contributed by atoms with Gasteiger partial charge in [0, 0.05) is 16.5 Å². The first-order valence-corrected chi connectivity index (χ1v) is 7.37. The number of aromatic carboxylic acids is 1. The van der Waals surface area contributed by atoms with Crippen molar-refractivity contribution in [3.05, 3.63) is 41.0 Å². The Morgan fingerprint density at radius 2 is 2.10 bits per heavy atom. The SMILES string of the molecule is Cc1nnc(Sc2c(C(=O)O)cnc3ccccc23)s1. The highest BCUT2D eigenvalue weighted by Crippen LogP contribution is 2.36. The molecule has 20 heavy (non-hydrogen) atoms. The summed E-state index contributed by atoms with van der Waals surface area (Å²) >= 11 is 2.76. The number of rotatable bonds is 3. The van der Waals surface area contributed by atoms with Crippen LogP contribution in [0.2, 0.25) is 0 Å². The number of nitrogens with zero attached hydrogens (tertiary/aromatic N) is 3. The van der Waals surface area contributed by atoms with Crippen molar-refractivity contribution in [2.75, 3.05) is 0 Å². The van der Waals surface area contributed by atoms with E-state index in [-0.39, 0.29) is 5.56 Å². The zero-order valence-corrected chi connectivity index (χ0v) is 12.0. The van der Waals surface area contributed by atoms with Gasteiger partial charge in [-0.3, -0.25) is 4.98 Å². The topological polar surface area (TPSA) is 76.0 Å². The van der Waals surface area contributed by atoms with E-state index in [9.17, 15) is 9.90 Å². The Labute approximate surface area is 122 Å². The minimum atomic E-state index is -0.994. The second-order valence-corrected chi connectivity index (χ2v) is 6.45. The maximum Gasteiger partial charge on any atom is 0.338 e. The van der Waals surface area contributed by atoms with Gasteiger partial charge in [-0.15, -0.1) is 10.2 Å². The monoisotopic (exact) mass is 303 g/mol. The van der Waals surface area contributed by atoms with Crippen molar-refractivity contribution in [3.8, 4) is 0 Å². The fourth-order valence-corrected chi connectivity index (χ4v) is 3.77. The Balaban J connectivity index is 2.19. The quantitative estimate of drug-likeness (QED) is 0.800. The highest BCUT2D eigenvalue weighted by Gasteiger charge is 2.17. The molecule has 1 aromatic carbocycles. The van der Waals surface area contributed by atoms with E-state index < -0.39 is 5.97 Å². The number of aromatic nitrogens is 3. The highest BCUT2D eigenvalue weighted by atomic mass is 32.2. The molecule has 0 atom stereocenters. The summed E-state index contributed by atoms with van der Waals surface area (Å²) < 4.78 is 0.723. The van der Waals surface area contributed by atoms with Crippen LogP contribution in [0.5, 0.6) is 0 Å². The summed E-state index contributed by atoms with van der Waals surface area (Å²) in [6, 6.07) is 7.46. The van der Waals surface area contributed by atoms with Gasteiger partial charge in [-0.1, -0.05) is 41.3 Å². The smallest absolute Gasteiger partial charge is 0.338 e. The molecule has 0 fully saturated rings. The summed E-state index contributed by atoms with van der Waals surface area (Å²) in [4.78, 5) is 16.2. The summed E-state index contributed by atoms with van der Waals surface area (Å²) in [6.07, 6.45) is 1.39. The van der Waals surface area contributed by atoms with Crippen LogP contribution in [0, 0.1) is 6.92 Å². The molecule has 2 aromatic heterocycles. The lowest BCUT2D eigenvalue weighted by atomic mass is 10.1. The Kier molecular flexibility index (Phi) is 3.37. The van der Waals surface area contributed by atoms with E-state index in [0.29, 0.717) is 4.90 Å². The van der Waals surface area contributed by atoms with Crippen LogP contribution in [0.15, 0.2) is 39.7 Å². The minimum Gasteiger partial charge on any atom is -0.478 e. The second kappa shape index (κ2) is 5.18. The van der Waals surface area contributed by atoms with Gasteiger partial charge in [-0.05, 0) is 13.0 Å². The molecule has 5 nitrogen and oxygen atoms in total. The van der Waals surface area contributed by atoms with Crippen LogP contribution in [0.3, 0.4) is 0 Å². The van der Waals surface area contributed by atoms with Crippen LogP contribution in [0.4, 0.5) is 0 Å². The molecular weight excluding hydrogens is 294 g/mol. The van der Waals surface area contributed by atoms with E-state index in [1.54, 1.807) is 0 Å². The number of para-hydroxylation sites is 1. The molecule has 0 bridgehead atoms. The van der Waals surface area contributed by atoms with Crippen LogP contribution in [0.25, 0.3) is 10.9 Å². The third-order valence-corrected chi connectivity index (χ3v) is 4.69. The number of carbonyl (C=O) groups is 1. The van der Waals surface area contributed by atoms with Crippen molar-refractivity contribution in [2.45, 2.75) is 16.2 Å². The number of hydrogen-bond donors (Lipinski definition) is 1. The van der Waals surface area contributed by atoms with Crippen molar-refractivity contribution in [2.24, 2.45) is 0 Å². The fourth-order valence-electron chi connectivity index (χ4n) is 1.79. The van der Waals surface area contributed by atoms with Crippen LogP contribution in [0.1, 0.15) is 15.4 Å². The molecule has 3 rings (SSSR count). The number of benzene rings is 1. The standard InChI is InChI=1S/C13H9N3O2S2/c1-7-15-16-13(19-7)20-11-8-4-2-3-5-10(8)14-6-9(11)12(17)18/h2-6H,1H3,(H,17,18). The summed E-state index contributed by atoms with van der Waals surface area (Å²) in [5.74, 6) is -0.994. The molecule has 7 heteroatoms. The lowest BCUT2D eigenvalue weighted by Gasteiger charge is -2.07. The van der Waals surface area contributed by atoms with Gasteiger partial charge in [0.15, 0.2) is 4.34 Å². The molecule has 2 heterocycles. The van der Waals surface area contributed by atoms with Crippen LogP contribution in [-0.4, -0.2) is 26.3 Å². The molecule has 100 valence electrons. The van der Waals surface area contributed by atoms with E-state index >= 15 is 0 Å². The predicted octanol–water partition coefficient (Wildman–Crippen LogP) is 3.24. The molecule has 0 aliphatic heterocycles. The van der Waals surface area contributed by atoms with E-state index in [1.807, 2.05) is 31.2 Å². The molecule has 1 N–H and O–H groups in total. The third-order valence-electron chi connectivity index (χ3n) is 2.65. The van der Waals surface area contributed by atoms with Gasteiger partial charge in [0.05, 0.1) is 11.1 Å². The average Bonchev–Trinajstić information content (AvgIpc) is 2.84. The predicted molar refractivity (Wildman–Crippen MR) is 77.5 cm³/mol. The fraction of sp³-hybridized carbons (Fsp3) is 0.0769. The summed E-state index contributed by atoms with van der Waals surface area (Å²) in [7, 11) is 0. The van der Waals surface area contributed by atoms with Gasteiger partial charge < -0.3 is 5.11 Å². The molecule has 0 spiro atoms. The van der Waals surface area contributed by atoms with Crippen LogP contribution < -0.4 is 0 Å². The molecule has 0 radical (unpaired) electrons. The van der Waals surface area contributed by atoms with Gasteiger partial charge in [0.1, 0.15) is 5.01 Å². The van der Waals surface area contributed by atoms with Gasteiger partial charge in [0.2, 0.25) is 0 Å². The first-order chi connectivity index (χ1) is 9.65. The van der Waals surface area contributed by atoms with Gasteiger partial charge in [0.25, 0.3) is 0 Å². The van der Waals surface area contributed by atoms with Gasteiger partial charge in [-0.25, -0.2) is 4.79 Å². The molecule has 0 saturated heterocycles. The summed E-state index contributed by atoms with van der Waals surface area (Å²) in [5.41, 5.74) is 0.947. The van der Waals surface area contributed by atoms with Crippen molar-refractivity contribution in [3.63, 3.8) is 0 Å². The van der Waals surface area contributed by atoms with Gasteiger partial charge >= 0.3 is 5.97 Å². The van der Waals surface area contributed by atoms with E-state index in [0.717, 1.165) is 20.3 Å². The normalized spacial score (nSPS) is 10.8. The molecule has 3 aromatic rings. The van der Waals surface area contributed by atoms with Crippen LogP contribution in [-0.2, 0) is 0 Å². The molecule has 0 amide bonds.